The molecule has 1 N–H and O–H groups in total. The average Bonchev–Trinajstić information content (AvgIpc) is 2.65. The van der Waals surface area contributed by atoms with Gasteiger partial charge in [-0.25, -0.2) is 0 Å². The van der Waals surface area contributed by atoms with Crippen LogP contribution in [0.4, 0.5) is 0 Å². The predicted octanol–water partition coefficient (Wildman–Crippen LogP) is 0.286. The number of thioether (sulfide) groups is 1. The lowest BCUT2D eigenvalue weighted by Crippen LogP contribution is -2.43. The zero-order valence-electron chi connectivity index (χ0n) is 9.07. The molecule has 2 unspecified atom stereocenters. The number of amides is 1. The molecule has 2 aliphatic rings. The number of carbonyl (C=O) groups is 1. The highest BCUT2D eigenvalue weighted by molar-refractivity contribution is 8.00. The first kappa shape index (κ1) is 11.2. The van der Waals surface area contributed by atoms with Gasteiger partial charge in [0.25, 0.3) is 0 Å². The quantitative estimate of drug-likeness (QED) is 0.740. The normalized spacial score (nSPS) is 31.9. The van der Waals surface area contributed by atoms with Crippen LogP contribution in [0.15, 0.2) is 0 Å². The second-order valence-electron chi connectivity index (χ2n) is 4.04. The van der Waals surface area contributed by atoms with Crippen molar-refractivity contribution in [3.63, 3.8) is 0 Å². The molecule has 0 saturated carbocycles. The summed E-state index contributed by atoms with van der Waals surface area (Å²) in [5, 5.41) is 3.90. The van der Waals surface area contributed by atoms with Crippen LogP contribution in [0.3, 0.4) is 0 Å². The van der Waals surface area contributed by atoms with Gasteiger partial charge in [0.05, 0.1) is 18.6 Å². The molecule has 1 amide bonds. The molecular weight excluding hydrogens is 212 g/mol. The third-order valence-corrected chi connectivity index (χ3v) is 4.03. The Morgan fingerprint density at radius 3 is 2.87 bits per heavy atom. The van der Waals surface area contributed by atoms with E-state index < -0.39 is 0 Å². The summed E-state index contributed by atoms with van der Waals surface area (Å²) in [5.74, 6) is 1.32. The fourth-order valence-electron chi connectivity index (χ4n) is 1.96. The highest BCUT2D eigenvalue weighted by atomic mass is 32.2. The zero-order chi connectivity index (χ0) is 10.7. The van der Waals surface area contributed by atoms with E-state index in [1.165, 1.54) is 0 Å². The summed E-state index contributed by atoms with van der Waals surface area (Å²) in [7, 11) is 0. The lowest BCUT2D eigenvalue weighted by Gasteiger charge is -2.27. The molecule has 0 aromatic heterocycles. The SMILES string of the molecule is CC1NC(CC(=O)N2CCOCC2)CS1. The van der Waals surface area contributed by atoms with Crippen LogP contribution >= 0.6 is 11.8 Å². The smallest absolute Gasteiger partial charge is 0.224 e. The van der Waals surface area contributed by atoms with Crippen LogP contribution in [0.1, 0.15) is 13.3 Å². The van der Waals surface area contributed by atoms with Crippen LogP contribution in [0.5, 0.6) is 0 Å². The first-order valence-electron chi connectivity index (χ1n) is 5.49. The summed E-state index contributed by atoms with van der Waals surface area (Å²) in [5.41, 5.74) is 0. The first-order valence-corrected chi connectivity index (χ1v) is 6.54. The molecule has 0 aliphatic carbocycles. The number of rotatable bonds is 2. The number of hydrogen-bond donors (Lipinski definition) is 1. The summed E-state index contributed by atoms with van der Waals surface area (Å²) < 4.78 is 5.22. The summed E-state index contributed by atoms with van der Waals surface area (Å²) in [6.45, 7) is 5.04. The summed E-state index contributed by atoms with van der Waals surface area (Å²) in [6.07, 6.45) is 0.636. The van der Waals surface area contributed by atoms with Gasteiger partial charge in [-0.15, -0.1) is 11.8 Å². The minimum absolute atomic E-state index is 0.269. The van der Waals surface area contributed by atoms with E-state index in [1.807, 2.05) is 16.7 Å². The molecule has 2 atom stereocenters. The number of ether oxygens (including phenoxy) is 1. The number of hydrogen-bond acceptors (Lipinski definition) is 4. The van der Waals surface area contributed by atoms with Crippen molar-refractivity contribution in [2.75, 3.05) is 32.1 Å². The molecule has 15 heavy (non-hydrogen) atoms. The van der Waals surface area contributed by atoms with Crippen molar-refractivity contribution in [2.45, 2.75) is 24.8 Å². The number of nitrogens with zero attached hydrogens (tertiary/aromatic N) is 1. The molecule has 0 radical (unpaired) electrons. The minimum Gasteiger partial charge on any atom is -0.378 e. The first-order chi connectivity index (χ1) is 7.25. The predicted molar refractivity (Wildman–Crippen MR) is 60.9 cm³/mol. The van der Waals surface area contributed by atoms with Gasteiger partial charge in [-0.1, -0.05) is 0 Å². The molecule has 5 heteroatoms. The van der Waals surface area contributed by atoms with Gasteiger partial charge in [0, 0.05) is 31.3 Å². The Kier molecular flexibility index (Phi) is 3.88. The van der Waals surface area contributed by atoms with Gasteiger partial charge in [0.15, 0.2) is 0 Å². The van der Waals surface area contributed by atoms with Gasteiger partial charge >= 0.3 is 0 Å². The Bertz CT molecular complexity index is 231. The standard InChI is InChI=1S/C10H18N2O2S/c1-8-11-9(7-15-8)6-10(13)12-2-4-14-5-3-12/h8-9,11H,2-7H2,1H3. The van der Waals surface area contributed by atoms with Crippen molar-refractivity contribution in [2.24, 2.45) is 0 Å². The van der Waals surface area contributed by atoms with E-state index >= 15 is 0 Å². The molecule has 2 fully saturated rings. The van der Waals surface area contributed by atoms with Crippen LogP contribution in [0.25, 0.3) is 0 Å². The zero-order valence-corrected chi connectivity index (χ0v) is 9.89. The van der Waals surface area contributed by atoms with Crippen LogP contribution in [0, 0.1) is 0 Å². The van der Waals surface area contributed by atoms with Gasteiger partial charge in [-0.3, -0.25) is 4.79 Å². The molecule has 86 valence electrons. The average molecular weight is 230 g/mol. The Hall–Kier alpha value is -0.260. The second kappa shape index (κ2) is 5.18. The van der Waals surface area contributed by atoms with Crippen molar-refractivity contribution in [3.8, 4) is 0 Å². The fraction of sp³-hybridized carbons (Fsp3) is 0.900. The van der Waals surface area contributed by atoms with Crippen molar-refractivity contribution < 1.29 is 9.53 Å². The second-order valence-corrected chi connectivity index (χ2v) is 5.41. The largest absolute Gasteiger partial charge is 0.378 e. The fourth-order valence-corrected chi connectivity index (χ4v) is 2.98. The van der Waals surface area contributed by atoms with Crippen LogP contribution < -0.4 is 5.32 Å². The molecule has 2 saturated heterocycles. The number of nitrogens with one attached hydrogen (secondary N) is 1. The lowest BCUT2D eigenvalue weighted by molar-refractivity contribution is -0.135. The summed E-state index contributed by atoms with van der Waals surface area (Å²) >= 11 is 1.89. The van der Waals surface area contributed by atoms with E-state index in [9.17, 15) is 4.79 Å². The number of carbonyl (C=O) groups excluding carboxylic acids is 1. The lowest BCUT2D eigenvalue weighted by atomic mass is 10.2. The Morgan fingerprint density at radius 1 is 1.53 bits per heavy atom. The Morgan fingerprint density at radius 2 is 2.27 bits per heavy atom. The maximum Gasteiger partial charge on any atom is 0.224 e. The highest BCUT2D eigenvalue weighted by Crippen LogP contribution is 2.20. The third kappa shape index (κ3) is 3.09. The van der Waals surface area contributed by atoms with Gasteiger partial charge in [0.1, 0.15) is 0 Å². The van der Waals surface area contributed by atoms with E-state index in [1.54, 1.807) is 0 Å². The van der Waals surface area contributed by atoms with Crippen molar-refractivity contribution in [1.29, 1.82) is 0 Å². The molecule has 2 heterocycles. The molecule has 2 aliphatic heterocycles. The van der Waals surface area contributed by atoms with Gasteiger partial charge in [-0.05, 0) is 6.92 Å². The van der Waals surface area contributed by atoms with Gasteiger partial charge in [0.2, 0.25) is 5.91 Å². The van der Waals surface area contributed by atoms with Gasteiger partial charge in [-0.2, -0.15) is 0 Å². The highest BCUT2D eigenvalue weighted by Gasteiger charge is 2.25. The monoisotopic (exact) mass is 230 g/mol. The summed E-state index contributed by atoms with van der Waals surface area (Å²) in [6, 6.07) is 0.361. The van der Waals surface area contributed by atoms with Gasteiger partial charge < -0.3 is 15.0 Å². The van der Waals surface area contributed by atoms with Crippen LogP contribution in [0.2, 0.25) is 0 Å². The minimum atomic E-state index is 0.269. The third-order valence-electron chi connectivity index (χ3n) is 2.80. The number of morpholine rings is 1. The van der Waals surface area contributed by atoms with E-state index in [-0.39, 0.29) is 5.91 Å². The van der Waals surface area contributed by atoms with Crippen molar-refractivity contribution >= 4 is 17.7 Å². The maximum atomic E-state index is 11.9. The Labute approximate surface area is 94.7 Å². The molecule has 4 nitrogen and oxygen atoms in total. The topological polar surface area (TPSA) is 41.6 Å². The van der Waals surface area contributed by atoms with Crippen molar-refractivity contribution in [1.82, 2.24) is 10.2 Å². The Balaban J connectivity index is 1.76. The van der Waals surface area contributed by atoms with Crippen molar-refractivity contribution in [3.05, 3.63) is 0 Å². The molecule has 0 aromatic carbocycles. The molecule has 0 aromatic rings. The molecular formula is C10H18N2O2S. The van der Waals surface area contributed by atoms with E-state index in [0.29, 0.717) is 31.1 Å². The molecule has 2 rings (SSSR count). The summed E-state index contributed by atoms with van der Waals surface area (Å²) in [4.78, 5) is 13.8. The van der Waals surface area contributed by atoms with Crippen LogP contribution in [-0.4, -0.2) is 54.3 Å². The van der Waals surface area contributed by atoms with E-state index in [0.717, 1.165) is 18.8 Å². The molecule has 0 bridgehead atoms. The van der Waals surface area contributed by atoms with E-state index in [4.69, 9.17) is 4.74 Å². The van der Waals surface area contributed by atoms with Crippen LogP contribution in [-0.2, 0) is 9.53 Å². The van der Waals surface area contributed by atoms with E-state index in [2.05, 4.69) is 12.2 Å². The maximum absolute atomic E-state index is 11.9. The molecule has 0 spiro atoms.